The highest BCUT2D eigenvalue weighted by molar-refractivity contribution is 7.09. The van der Waals surface area contributed by atoms with Crippen molar-refractivity contribution < 1.29 is 17.9 Å². The van der Waals surface area contributed by atoms with Crippen LogP contribution in [-0.4, -0.2) is 41.0 Å². The Labute approximate surface area is 104 Å². The second-order valence-electron chi connectivity index (χ2n) is 3.66. The van der Waals surface area contributed by atoms with E-state index in [2.05, 4.69) is 9.36 Å². The fraction of sp³-hybridized carbons (Fsp3) is 0.625. The van der Waals surface area contributed by atoms with Crippen molar-refractivity contribution in [3.8, 4) is 0 Å². The lowest BCUT2D eigenvalue weighted by atomic mass is 10.2. The van der Waals surface area contributed by atoms with Crippen molar-refractivity contribution in [1.29, 1.82) is 5.41 Å². The number of hydrogen-bond acceptors (Lipinski definition) is 6. The van der Waals surface area contributed by atoms with Crippen LogP contribution in [0, 0.1) is 5.41 Å². The molecule has 1 saturated heterocycles. The Hall–Kier alpha value is -1.42. The minimum Gasteiger partial charge on any atom is -0.385 e. The number of halogens is 3. The lowest BCUT2D eigenvalue weighted by Crippen LogP contribution is -2.48. The van der Waals surface area contributed by atoms with Crippen LogP contribution < -0.4 is 10.6 Å². The molecule has 3 N–H and O–H groups in total. The van der Waals surface area contributed by atoms with E-state index in [0.29, 0.717) is 18.1 Å². The van der Waals surface area contributed by atoms with E-state index in [0.717, 1.165) is 0 Å². The maximum absolute atomic E-state index is 12.4. The molecule has 0 saturated carbocycles. The quantitative estimate of drug-likeness (QED) is 0.615. The summed E-state index contributed by atoms with van der Waals surface area (Å²) in [5, 5.41) is 7.42. The first-order valence-electron chi connectivity index (χ1n) is 4.99. The average Bonchev–Trinajstić information content (AvgIpc) is 2.78. The standard InChI is InChI=1S/C8H10F3N5OS/c9-8(10,11)6-14-7(18-15-6)16-1-2-17-4(3-16)5(12)13/h4H,1-3H2,(H3,12,13). The largest absolute Gasteiger partial charge is 0.452 e. The zero-order chi connectivity index (χ0) is 13.3. The molecule has 6 nitrogen and oxygen atoms in total. The van der Waals surface area contributed by atoms with Gasteiger partial charge in [-0.25, -0.2) is 0 Å². The van der Waals surface area contributed by atoms with Gasteiger partial charge in [-0.15, -0.1) is 0 Å². The first-order chi connectivity index (χ1) is 8.38. The molecule has 1 atom stereocenters. The maximum atomic E-state index is 12.4. The van der Waals surface area contributed by atoms with E-state index in [-0.39, 0.29) is 24.1 Å². The van der Waals surface area contributed by atoms with Crippen LogP contribution in [0.1, 0.15) is 5.82 Å². The zero-order valence-electron chi connectivity index (χ0n) is 9.07. The Morgan fingerprint density at radius 2 is 2.28 bits per heavy atom. The second kappa shape index (κ2) is 4.69. The van der Waals surface area contributed by atoms with Crippen molar-refractivity contribution >= 4 is 22.5 Å². The van der Waals surface area contributed by atoms with Gasteiger partial charge in [-0.3, -0.25) is 5.41 Å². The molecule has 1 aromatic heterocycles. The Kier molecular flexibility index (Phi) is 3.39. The molecule has 18 heavy (non-hydrogen) atoms. The van der Waals surface area contributed by atoms with E-state index in [1.807, 2.05) is 0 Å². The van der Waals surface area contributed by atoms with Crippen LogP contribution >= 0.6 is 11.5 Å². The summed E-state index contributed by atoms with van der Waals surface area (Å²) in [4.78, 5) is 5.03. The molecule has 0 radical (unpaired) electrons. The summed E-state index contributed by atoms with van der Waals surface area (Å²) in [6.45, 7) is 0.892. The molecule has 1 aromatic rings. The van der Waals surface area contributed by atoms with Crippen LogP contribution in [0.2, 0.25) is 0 Å². The summed E-state index contributed by atoms with van der Waals surface area (Å²) < 4.78 is 45.6. The molecule has 10 heteroatoms. The van der Waals surface area contributed by atoms with E-state index in [1.54, 1.807) is 4.90 Å². The number of ether oxygens (including phenoxy) is 1. The number of morpholine rings is 1. The van der Waals surface area contributed by atoms with Crippen molar-refractivity contribution in [3.05, 3.63) is 5.82 Å². The van der Waals surface area contributed by atoms with Crippen molar-refractivity contribution in [2.75, 3.05) is 24.6 Å². The Morgan fingerprint density at radius 3 is 2.83 bits per heavy atom. The van der Waals surface area contributed by atoms with Crippen LogP contribution in [0.5, 0.6) is 0 Å². The van der Waals surface area contributed by atoms with Gasteiger partial charge in [-0.1, -0.05) is 0 Å². The van der Waals surface area contributed by atoms with Gasteiger partial charge in [0.1, 0.15) is 11.9 Å². The molecular weight excluding hydrogens is 271 g/mol. The second-order valence-corrected chi connectivity index (χ2v) is 4.39. The number of amidine groups is 1. The predicted octanol–water partition coefficient (Wildman–Crippen LogP) is 0.698. The van der Waals surface area contributed by atoms with Crippen molar-refractivity contribution in [2.45, 2.75) is 12.3 Å². The summed E-state index contributed by atoms with van der Waals surface area (Å²) in [6.07, 6.45) is -5.15. The molecule has 100 valence electrons. The fourth-order valence-corrected chi connectivity index (χ4v) is 2.19. The highest BCUT2D eigenvalue weighted by Crippen LogP contribution is 2.30. The van der Waals surface area contributed by atoms with Gasteiger partial charge < -0.3 is 15.4 Å². The van der Waals surface area contributed by atoms with Gasteiger partial charge in [0.05, 0.1) is 13.2 Å². The third kappa shape index (κ3) is 2.70. The SMILES string of the molecule is N=C(N)C1CN(c2nc(C(F)(F)F)ns2)CCO1. The molecule has 2 heterocycles. The summed E-state index contributed by atoms with van der Waals surface area (Å²) in [7, 11) is 0. The van der Waals surface area contributed by atoms with E-state index in [4.69, 9.17) is 15.9 Å². The predicted molar refractivity (Wildman–Crippen MR) is 58.8 cm³/mol. The van der Waals surface area contributed by atoms with E-state index < -0.39 is 18.1 Å². The molecule has 1 fully saturated rings. The minimum atomic E-state index is -4.54. The summed E-state index contributed by atoms with van der Waals surface area (Å²) in [6, 6.07) is 0. The van der Waals surface area contributed by atoms with Crippen molar-refractivity contribution in [3.63, 3.8) is 0 Å². The van der Waals surface area contributed by atoms with Crippen molar-refractivity contribution in [1.82, 2.24) is 9.36 Å². The van der Waals surface area contributed by atoms with Gasteiger partial charge in [-0.2, -0.15) is 22.5 Å². The number of hydrogen-bond donors (Lipinski definition) is 2. The van der Waals surface area contributed by atoms with Gasteiger partial charge in [0, 0.05) is 18.1 Å². The first-order valence-corrected chi connectivity index (χ1v) is 5.76. The number of nitrogens with zero attached hydrogens (tertiary/aromatic N) is 3. The Balaban J connectivity index is 2.12. The Morgan fingerprint density at radius 1 is 1.56 bits per heavy atom. The van der Waals surface area contributed by atoms with Crippen LogP contribution in [0.4, 0.5) is 18.3 Å². The highest BCUT2D eigenvalue weighted by Gasteiger charge is 2.37. The number of alkyl halides is 3. The van der Waals surface area contributed by atoms with E-state index in [9.17, 15) is 13.2 Å². The number of nitrogens with two attached hydrogens (primary N) is 1. The highest BCUT2D eigenvalue weighted by atomic mass is 32.1. The number of nitrogens with one attached hydrogen (secondary N) is 1. The summed E-state index contributed by atoms with van der Waals surface area (Å²) >= 11 is 0.675. The topological polar surface area (TPSA) is 88.1 Å². The third-order valence-electron chi connectivity index (χ3n) is 2.35. The fourth-order valence-electron chi connectivity index (χ4n) is 1.47. The molecular formula is C8H10F3N5OS. The number of aromatic nitrogens is 2. The monoisotopic (exact) mass is 281 g/mol. The van der Waals surface area contributed by atoms with Crippen LogP contribution in [0.25, 0.3) is 0 Å². The molecule has 0 amide bonds. The van der Waals surface area contributed by atoms with E-state index >= 15 is 0 Å². The third-order valence-corrected chi connectivity index (χ3v) is 3.13. The van der Waals surface area contributed by atoms with Gasteiger partial charge in [0.15, 0.2) is 0 Å². The molecule has 0 aromatic carbocycles. The van der Waals surface area contributed by atoms with Crippen molar-refractivity contribution in [2.24, 2.45) is 5.73 Å². The lowest BCUT2D eigenvalue weighted by molar-refractivity contribution is -0.144. The summed E-state index contributed by atoms with van der Waals surface area (Å²) in [5.74, 6) is -1.30. The number of rotatable bonds is 2. The summed E-state index contributed by atoms with van der Waals surface area (Å²) in [5.41, 5.74) is 5.30. The van der Waals surface area contributed by atoms with Crippen LogP contribution in [0.3, 0.4) is 0 Å². The smallest absolute Gasteiger partial charge is 0.385 e. The van der Waals surface area contributed by atoms with E-state index in [1.165, 1.54) is 0 Å². The van der Waals surface area contributed by atoms with Gasteiger partial charge >= 0.3 is 6.18 Å². The Bertz CT molecular complexity index is 448. The molecule has 0 bridgehead atoms. The molecule has 1 unspecified atom stereocenters. The van der Waals surface area contributed by atoms with Gasteiger partial charge in [0.25, 0.3) is 0 Å². The van der Waals surface area contributed by atoms with Crippen LogP contribution in [-0.2, 0) is 10.9 Å². The minimum absolute atomic E-state index is 0.153. The molecule has 0 spiro atoms. The maximum Gasteiger partial charge on any atom is 0.452 e. The normalized spacial score (nSPS) is 21.1. The lowest BCUT2D eigenvalue weighted by Gasteiger charge is -2.31. The average molecular weight is 281 g/mol. The van der Waals surface area contributed by atoms with Gasteiger partial charge in [-0.05, 0) is 0 Å². The molecule has 1 aliphatic heterocycles. The number of anilines is 1. The zero-order valence-corrected chi connectivity index (χ0v) is 9.88. The molecule has 2 rings (SSSR count). The molecule has 1 aliphatic rings. The van der Waals surface area contributed by atoms with Crippen LogP contribution in [0.15, 0.2) is 0 Å². The first kappa shape index (κ1) is 13.0. The van der Waals surface area contributed by atoms with Gasteiger partial charge in [0.2, 0.25) is 11.0 Å². The molecule has 0 aliphatic carbocycles.